The molecule has 2 aliphatic heterocycles. The van der Waals surface area contributed by atoms with E-state index in [1.807, 2.05) is 19.9 Å². The summed E-state index contributed by atoms with van der Waals surface area (Å²) in [6, 6.07) is 5.09. The zero-order chi connectivity index (χ0) is 22.8. The minimum absolute atomic E-state index is 0.0248. The van der Waals surface area contributed by atoms with E-state index in [0.29, 0.717) is 44.6 Å². The molecule has 0 aliphatic carbocycles. The first-order valence-corrected chi connectivity index (χ1v) is 12.9. The highest BCUT2D eigenvalue weighted by Crippen LogP contribution is 2.25. The van der Waals surface area contributed by atoms with Crippen LogP contribution >= 0.6 is 0 Å². The number of rotatable bonds is 6. The van der Waals surface area contributed by atoms with Gasteiger partial charge in [0.25, 0.3) is 0 Å². The van der Waals surface area contributed by atoms with Crippen molar-refractivity contribution in [1.82, 2.24) is 4.90 Å². The summed E-state index contributed by atoms with van der Waals surface area (Å²) in [4.78, 5) is 16.6. The molecule has 0 spiro atoms. The summed E-state index contributed by atoms with van der Waals surface area (Å²) in [6.45, 7) is 9.90. The maximum absolute atomic E-state index is 14.8. The number of hydrogen-bond acceptors (Lipinski definition) is 5. The highest BCUT2D eigenvalue weighted by molar-refractivity contribution is 7.91. The standard InChI is InChI=1S/C23H35FN2O4S/c1-16(2)31(28,29)15-19-7-9-25(10-8-19)23(27)11-20-5-6-21(12-22(20)24)26-13-17(3)30-18(4)14-26/h5-6,12,16-19H,7-11,13-15H2,1-4H3/t17-,18+. The van der Waals surface area contributed by atoms with Gasteiger partial charge in [0.2, 0.25) is 5.91 Å². The number of morpholine rings is 1. The van der Waals surface area contributed by atoms with Crippen LogP contribution in [0.25, 0.3) is 0 Å². The molecule has 0 bridgehead atoms. The van der Waals surface area contributed by atoms with E-state index in [9.17, 15) is 17.6 Å². The molecule has 3 rings (SSSR count). The van der Waals surface area contributed by atoms with Crippen molar-refractivity contribution in [3.63, 3.8) is 0 Å². The molecule has 0 N–H and O–H groups in total. The fraction of sp³-hybridized carbons (Fsp3) is 0.696. The van der Waals surface area contributed by atoms with Crippen LogP contribution in [0.5, 0.6) is 0 Å². The second kappa shape index (κ2) is 9.86. The molecule has 0 saturated carbocycles. The minimum atomic E-state index is -3.08. The number of ether oxygens (including phenoxy) is 1. The molecule has 174 valence electrons. The van der Waals surface area contributed by atoms with E-state index in [1.54, 1.807) is 24.8 Å². The van der Waals surface area contributed by atoms with E-state index in [2.05, 4.69) is 4.90 Å². The Bertz CT molecular complexity index is 872. The SMILES string of the molecule is CC(C)S(=O)(=O)CC1CCN(C(=O)Cc2ccc(N3C[C@@H](C)O[C@@H](C)C3)cc2F)CC1. The van der Waals surface area contributed by atoms with Crippen LogP contribution in [0.2, 0.25) is 0 Å². The summed E-state index contributed by atoms with van der Waals surface area (Å²) in [6.07, 6.45) is 1.55. The lowest BCUT2D eigenvalue weighted by Crippen LogP contribution is -2.45. The topological polar surface area (TPSA) is 66.9 Å². The van der Waals surface area contributed by atoms with Crippen molar-refractivity contribution in [1.29, 1.82) is 0 Å². The zero-order valence-electron chi connectivity index (χ0n) is 19.0. The largest absolute Gasteiger partial charge is 0.372 e. The maximum Gasteiger partial charge on any atom is 0.227 e. The van der Waals surface area contributed by atoms with Gasteiger partial charge in [0, 0.05) is 31.9 Å². The Hall–Kier alpha value is -1.67. The third-order valence-electron chi connectivity index (χ3n) is 6.32. The third kappa shape index (κ3) is 6.19. The minimum Gasteiger partial charge on any atom is -0.372 e. The lowest BCUT2D eigenvalue weighted by molar-refractivity contribution is -0.131. The first-order chi connectivity index (χ1) is 14.5. The Labute approximate surface area is 185 Å². The molecule has 6 nitrogen and oxygen atoms in total. The van der Waals surface area contributed by atoms with E-state index in [-0.39, 0.29) is 47.3 Å². The van der Waals surface area contributed by atoms with Gasteiger partial charge in [-0.2, -0.15) is 0 Å². The Balaban J connectivity index is 1.55. The molecular weight excluding hydrogens is 419 g/mol. The molecule has 0 aromatic heterocycles. The second-order valence-electron chi connectivity index (χ2n) is 9.32. The number of nitrogens with zero attached hydrogens (tertiary/aromatic N) is 2. The summed E-state index contributed by atoms with van der Waals surface area (Å²) >= 11 is 0. The van der Waals surface area contributed by atoms with Crippen LogP contribution in [0.15, 0.2) is 18.2 Å². The third-order valence-corrected chi connectivity index (χ3v) is 8.69. The number of halogens is 1. The van der Waals surface area contributed by atoms with Gasteiger partial charge >= 0.3 is 0 Å². The van der Waals surface area contributed by atoms with Crippen molar-refractivity contribution in [2.24, 2.45) is 5.92 Å². The number of piperidine rings is 1. The molecule has 0 radical (unpaired) electrons. The van der Waals surface area contributed by atoms with Crippen molar-refractivity contribution in [2.45, 2.75) is 64.4 Å². The average molecular weight is 455 g/mol. The van der Waals surface area contributed by atoms with Crippen molar-refractivity contribution in [2.75, 3.05) is 36.8 Å². The number of carbonyl (C=O) groups is 1. The number of sulfone groups is 1. The van der Waals surface area contributed by atoms with Crippen molar-refractivity contribution in [3.05, 3.63) is 29.6 Å². The molecule has 2 fully saturated rings. The van der Waals surface area contributed by atoms with Crippen LogP contribution in [-0.2, 0) is 25.8 Å². The lowest BCUT2D eigenvalue weighted by Gasteiger charge is -2.37. The first-order valence-electron chi connectivity index (χ1n) is 11.2. The summed E-state index contributed by atoms with van der Waals surface area (Å²) in [7, 11) is -3.08. The number of hydrogen-bond donors (Lipinski definition) is 0. The van der Waals surface area contributed by atoms with Gasteiger partial charge in [-0.3, -0.25) is 4.79 Å². The van der Waals surface area contributed by atoms with Gasteiger partial charge in [-0.1, -0.05) is 6.07 Å². The summed E-state index contributed by atoms with van der Waals surface area (Å²) in [5, 5.41) is -0.373. The van der Waals surface area contributed by atoms with Gasteiger partial charge in [0.15, 0.2) is 9.84 Å². The van der Waals surface area contributed by atoms with Crippen LogP contribution in [0.1, 0.15) is 46.1 Å². The quantitative estimate of drug-likeness (QED) is 0.661. The van der Waals surface area contributed by atoms with Crippen molar-refractivity contribution in [3.8, 4) is 0 Å². The molecule has 2 atom stereocenters. The molecule has 1 amide bonds. The molecule has 2 aliphatic rings. The molecule has 2 heterocycles. The van der Waals surface area contributed by atoms with Gasteiger partial charge in [-0.25, -0.2) is 12.8 Å². The number of amides is 1. The second-order valence-corrected chi connectivity index (χ2v) is 11.9. The molecule has 1 aromatic rings. The van der Waals surface area contributed by atoms with Crippen LogP contribution < -0.4 is 4.90 Å². The first kappa shape index (κ1) is 24.0. The van der Waals surface area contributed by atoms with E-state index >= 15 is 0 Å². The smallest absolute Gasteiger partial charge is 0.227 e. The Morgan fingerprint density at radius 3 is 2.32 bits per heavy atom. The van der Waals surface area contributed by atoms with Crippen LogP contribution in [0.4, 0.5) is 10.1 Å². The average Bonchev–Trinajstić information content (AvgIpc) is 2.69. The summed E-state index contributed by atoms with van der Waals surface area (Å²) < 4.78 is 44.8. The predicted molar refractivity (Wildman–Crippen MR) is 121 cm³/mol. The van der Waals surface area contributed by atoms with E-state index < -0.39 is 9.84 Å². The monoisotopic (exact) mass is 454 g/mol. The van der Waals surface area contributed by atoms with Gasteiger partial charge in [-0.15, -0.1) is 0 Å². The van der Waals surface area contributed by atoms with Crippen LogP contribution in [0, 0.1) is 11.7 Å². The highest BCUT2D eigenvalue weighted by atomic mass is 32.2. The zero-order valence-corrected chi connectivity index (χ0v) is 19.8. The van der Waals surface area contributed by atoms with E-state index in [1.165, 1.54) is 6.07 Å². The van der Waals surface area contributed by atoms with Crippen molar-refractivity contribution < 1.29 is 22.3 Å². The van der Waals surface area contributed by atoms with Gasteiger partial charge in [-0.05, 0) is 64.2 Å². The summed E-state index contributed by atoms with van der Waals surface area (Å²) in [5.74, 6) is -0.201. The Morgan fingerprint density at radius 1 is 1.16 bits per heavy atom. The normalized spacial score (nSPS) is 23.4. The highest BCUT2D eigenvalue weighted by Gasteiger charge is 2.28. The van der Waals surface area contributed by atoms with Crippen LogP contribution in [0.3, 0.4) is 0 Å². The molecule has 8 heteroatoms. The number of likely N-dealkylation sites (tertiary alicyclic amines) is 1. The number of benzene rings is 1. The van der Waals surface area contributed by atoms with Crippen LogP contribution in [-0.4, -0.2) is 68.6 Å². The van der Waals surface area contributed by atoms with E-state index in [4.69, 9.17) is 4.74 Å². The lowest BCUT2D eigenvalue weighted by atomic mass is 9.98. The molecular formula is C23H35FN2O4S. The Morgan fingerprint density at radius 2 is 1.77 bits per heavy atom. The number of carbonyl (C=O) groups excluding carboxylic acids is 1. The fourth-order valence-electron chi connectivity index (χ4n) is 4.41. The van der Waals surface area contributed by atoms with Gasteiger partial charge < -0.3 is 14.5 Å². The molecule has 1 aromatic carbocycles. The molecule has 31 heavy (non-hydrogen) atoms. The number of anilines is 1. The molecule has 0 unspecified atom stereocenters. The molecule has 2 saturated heterocycles. The van der Waals surface area contributed by atoms with E-state index in [0.717, 1.165) is 5.69 Å². The van der Waals surface area contributed by atoms with Gasteiger partial charge in [0.1, 0.15) is 5.82 Å². The summed E-state index contributed by atoms with van der Waals surface area (Å²) in [5.41, 5.74) is 1.20. The predicted octanol–water partition coefficient (Wildman–Crippen LogP) is 3.04. The fourth-order valence-corrected chi connectivity index (χ4v) is 5.79. The Kier molecular flexibility index (Phi) is 7.63. The maximum atomic E-state index is 14.8. The van der Waals surface area contributed by atoms with Gasteiger partial charge in [0.05, 0.1) is 29.6 Å². The van der Waals surface area contributed by atoms with Crippen molar-refractivity contribution >= 4 is 21.4 Å².